The fraction of sp³-hybridized carbons (Fsp3) is 1.00. The van der Waals surface area contributed by atoms with Crippen molar-refractivity contribution in [2.45, 2.75) is 18.5 Å². The van der Waals surface area contributed by atoms with Crippen molar-refractivity contribution in [1.82, 2.24) is 10.2 Å². The number of hydrogen-bond donors (Lipinski definition) is 1. The van der Waals surface area contributed by atoms with Crippen LogP contribution < -0.4 is 5.32 Å². The lowest BCUT2D eigenvalue weighted by Crippen LogP contribution is -2.50. The first-order chi connectivity index (χ1) is 5.34. The number of likely N-dealkylation sites (tertiary alicyclic amines) is 1. The Hall–Kier alpha value is -0.120. The van der Waals surface area contributed by atoms with Crippen molar-refractivity contribution in [1.29, 1.82) is 0 Å². The molecule has 0 unspecified atom stereocenters. The van der Waals surface area contributed by atoms with Crippen LogP contribution in [-0.4, -0.2) is 50.3 Å². The quantitative estimate of drug-likeness (QED) is 0.593. The average Bonchev–Trinajstić information content (AvgIpc) is 2.27. The zero-order chi connectivity index (χ0) is 7.68. The van der Waals surface area contributed by atoms with E-state index in [2.05, 4.69) is 17.3 Å². The lowest BCUT2D eigenvalue weighted by molar-refractivity contribution is -0.00939. The smallest absolute Gasteiger partial charge is 0.0643 e. The topological polar surface area (TPSA) is 24.5 Å². The molecule has 0 amide bonds. The van der Waals surface area contributed by atoms with Gasteiger partial charge in [-0.1, -0.05) is 0 Å². The molecule has 3 heteroatoms. The third-order valence-corrected chi connectivity index (χ3v) is 2.50. The Morgan fingerprint density at radius 2 is 2.18 bits per heavy atom. The number of nitrogens with zero attached hydrogens (tertiary/aromatic N) is 1. The van der Waals surface area contributed by atoms with Crippen molar-refractivity contribution in [3.05, 3.63) is 0 Å². The molecule has 0 aromatic heterocycles. The summed E-state index contributed by atoms with van der Waals surface area (Å²) in [6.45, 7) is 4.28. The Balaban J connectivity index is 1.70. The molecule has 2 fully saturated rings. The molecule has 0 radical (unpaired) electrons. The van der Waals surface area contributed by atoms with Crippen molar-refractivity contribution < 1.29 is 4.74 Å². The van der Waals surface area contributed by atoms with Crippen LogP contribution in [0.3, 0.4) is 0 Å². The molecular formula is C8H16N2O. The van der Waals surface area contributed by atoms with Crippen molar-refractivity contribution in [3.8, 4) is 0 Å². The highest BCUT2D eigenvalue weighted by atomic mass is 16.5. The molecular weight excluding hydrogens is 140 g/mol. The zero-order valence-electron chi connectivity index (χ0n) is 7.05. The molecule has 2 saturated heterocycles. The standard InChI is InChI=1S/C8H16N2O/c1-10-3-2-7(4-10)9-8-5-11-6-8/h7-9H,2-6H2,1H3/t7-/m1/s1. The summed E-state index contributed by atoms with van der Waals surface area (Å²) in [5.41, 5.74) is 0. The van der Waals surface area contributed by atoms with Gasteiger partial charge in [0.05, 0.1) is 19.3 Å². The first kappa shape index (κ1) is 7.53. The van der Waals surface area contributed by atoms with Gasteiger partial charge in [0.2, 0.25) is 0 Å². The minimum atomic E-state index is 0.645. The highest BCUT2D eigenvalue weighted by Gasteiger charge is 2.25. The van der Waals surface area contributed by atoms with Gasteiger partial charge in [-0.25, -0.2) is 0 Å². The number of ether oxygens (including phenoxy) is 1. The first-order valence-corrected chi connectivity index (χ1v) is 4.37. The molecule has 11 heavy (non-hydrogen) atoms. The number of nitrogens with one attached hydrogen (secondary N) is 1. The van der Waals surface area contributed by atoms with Crippen molar-refractivity contribution in [2.75, 3.05) is 33.4 Å². The third kappa shape index (κ3) is 1.72. The van der Waals surface area contributed by atoms with Crippen LogP contribution in [0.1, 0.15) is 6.42 Å². The van der Waals surface area contributed by atoms with Crippen LogP contribution in [0.25, 0.3) is 0 Å². The molecule has 0 aromatic rings. The lowest BCUT2D eigenvalue weighted by Gasteiger charge is -2.29. The Bertz CT molecular complexity index is 136. The van der Waals surface area contributed by atoms with Gasteiger partial charge < -0.3 is 15.0 Å². The fourth-order valence-corrected chi connectivity index (χ4v) is 1.74. The minimum Gasteiger partial charge on any atom is -0.378 e. The van der Waals surface area contributed by atoms with E-state index in [4.69, 9.17) is 4.74 Å². The third-order valence-electron chi connectivity index (χ3n) is 2.50. The van der Waals surface area contributed by atoms with Crippen LogP contribution in [0.4, 0.5) is 0 Å². The molecule has 2 aliphatic heterocycles. The highest BCUT2D eigenvalue weighted by Crippen LogP contribution is 2.09. The van der Waals surface area contributed by atoms with Gasteiger partial charge in [0, 0.05) is 12.6 Å². The molecule has 0 aliphatic carbocycles. The SMILES string of the molecule is CN1CC[C@@H](NC2COC2)C1. The van der Waals surface area contributed by atoms with Crippen LogP contribution >= 0.6 is 0 Å². The molecule has 1 atom stereocenters. The van der Waals surface area contributed by atoms with Gasteiger partial charge in [0.15, 0.2) is 0 Å². The summed E-state index contributed by atoms with van der Waals surface area (Å²) in [7, 11) is 2.18. The molecule has 0 spiro atoms. The van der Waals surface area contributed by atoms with Gasteiger partial charge in [-0.2, -0.15) is 0 Å². The second-order valence-corrected chi connectivity index (χ2v) is 3.65. The molecule has 2 heterocycles. The predicted octanol–water partition coefficient (Wildman–Crippen LogP) is -0.321. The summed E-state index contributed by atoms with van der Waals surface area (Å²) in [5.74, 6) is 0. The van der Waals surface area contributed by atoms with Gasteiger partial charge in [-0.15, -0.1) is 0 Å². The normalized spacial score (nSPS) is 34.1. The number of rotatable bonds is 2. The average molecular weight is 156 g/mol. The maximum Gasteiger partial charge on any atom is 0.0643 e. The van der Waals surface area contributed by atoms with Crippen LogP contribution in [0, 0.1) is 0 Å². The van der Waals surface area contributed by atoms with Crippen LogP contribution in [-0.2, 0) is 4.74 Å². The first-order valence-electron chi connectivity index (χ1n) is 4.37. The summed E-state index contributed by atoms with van der Waals surface area (Å²) >= 11 is 0. The molecule has 0 bridgehead atoms. The van der Waals surface area contributed by atoms with E-state index in [1.165, 1.54) is 19.5 Å². The number of likely N-dealkylation sites (N-methyl/N-ethyl adjacent to an activating group) is 1. The van der Waals surface area contributed by atoms with Gasteiger partial charge in [-0.3, -0.25) is 0 Å². The predicted molar refractivity (Wildman–Crippen MR) is 43.6 cm³/mol. The van der Waals surface area contributed by atoms with E-state index in [1.807, 2.05) is 0 Å². The Labute approximate surface area is 67.7 Å². The van der Waals surface area contributed by atoms with Crippen LogP contribution in [0.15, 0.2) is 0 Å². The van der Waals surface area contributed by atoms with E-state index in [-0.39, 0.29) is 0 Å². The maximum atomic E-state index is 5.10. The van der Waals surface area contributed by atoms with Crippen LogP contribution in [0.5, 0.6) is 0 Å². The van der Waals surface area contributed by atoms with Gasteiger partial charge >= 0.3 is 0 Å². The van der Waals surface area contributed by atoms with E-state index in [0.717, 1.165) is 13.2 Å². The monoisotopic (exact) mass is 156 g/mol. The molecule has 2 rings (SSSR count). The van der Waals surface area contributed by atoms with E-state index in [9.17, 15) is 0 Å². The second kappa shape index (κ2) is 3.09. The number of hydrogen-bond acceptors (Lipinski definition) is 3. The van der Waals surface area contributed by atoms with E-state index >= 15 is 0 Å². The van der Waals surface area contributed by atoms with Gasteiger partial charge in [0.1, 0.15) is 0 Å². The zero-order valence-corrected chi connectivity index (χ0v) is 7.05. The van der Waals surface area contributed by atoms with Crippen LogP contribution in [0.2, 0.25) is 0 Å². The fourth-order valence-electron chi connectivity index (χ4n) is 1.74. The summed E-state index contributed by atoms with van der Waals surface area (Å²) in [5, 5.41) is 3.58. The molecule has 3 nitrogen and oxygen atoms in total. The van der Waals surface area contributed by atoms with E-state index in [0.29, 0.717) is 12.1 Å². The molecule has 64 valence electrons. The van der Waals surface area contributed by atoms with E-state index in [1.54, 1.807) is 0 Å². The Morgan fingerprint density at radius 3 is 2.64 bits per heavy atom. The highest BCUT2D eigenvalue weighted by molar-refractivity contribution is 4.84. The van der Waals surface area contributed by atoms with Gasteiger partial charge in [0.25, 0.3) is 0 Å². The Morgan fingerprint density at radius 1 is 1.36 bits per heavy atom. The summed E-state index contributed by atoms with van der Waals surface area (Å²) in [6, 6.07) is 1.36. The van der Waals surface area contributed by atoms with Crippen molar-refractivity contribution >= 4 is 0 Å². The largest absolute Gasteiger partial charge is 0.378 e. The van der Waals surface area contributed by atoms with Crippen molar-refractivity contribution in [2.24, 2.45) is 0 Å². The summed E-state index contributed by atoms with van der Waals surface area (Å²) in [4.78, 5) is 2.37. The van der Waals surface area contributed by atoms with Crippen molar-refractivity contribution in [3.63, 3.8) is 0 Å². The lowest BCUT2D eigenvalue weighted by atomic mass is 10.2. The Kier molecular flexibility index (Phi) is 2.11. The molecule has 0 aromatic carbocycles. The second-order valence-electron chi connectivity index (χ2n) is 3.65. The van der Waals surface area contributed by atoms with Gasteiger partial charge in [-0.05, 0) is 20.0 Å². The summed E-state index contributed by atoms with van der Waals surface area (Å²) < 4.78 is 5.10. The molecule has 1 N–H and O–H groups in total. The summed E-state index contributed by atoms with van der Waals surface area (Å²) in [6.07, 6.45) is 1.30. The van der Waals surface area contributed by atoms with E-state index < -0.39 is 0 Å². The minimum absolute atomic E-state index is 0.645. The molecule has 2 aliphatic rings. The molecule has 0 saturated carbocycles. The maximum absolute atomic E-state index is 5.10.